The predicted molar refractivity (Wildman–Crippen MR) is 73.0 cm³/mol. The zero-order valence-corrected chi connectivity index (χ0v) is 11.5. The molecule has 0 unspecified atom stereocenters. The van der Waals surface area contributed by atoms with E-state index in [1.54, 1.807) is 0 Å². The fourth-order valence-corrected chi connectivity index (χ4v) is 3.21. The Labute approximate surface area is 113 Å². The SMILES string of the molecule is CN1CCC2(CC1)CCN(c1ccc(Cl)nn1)C2. The molecule has 98 valence electrons. The van der Waals surface area contributed by atoms with Gasteiger partial charge in [-0.15, -0.1) is 10.2 Å². The second-order valence-electron chi connectivity index (χ2n) is 5.69. The smallest absolute Gasteiger partial charge is 0.151 e. The molecule has 3 heterocycles. The van der Waals surface area contributed by atoms with Crippen molar-refractivity contribution in [2.45, 2.75) is 19.3 Å². The Hall–Kier alpha value is -0.870. The number of hydrogen-bond donors (Lipinski definition) is 0. The van der Waals surface area contributed by atoms with Gasteiger partial charge in [0.1, 0.15) is 0 Å². The molecule has 3 rings (SSSR count). The van der Waals surface area contributed by atoms with E-state index in [0.717, 1.165) is 18.9 Å². The molecule has 0 N–H and O–H groups in total. The van der Waals surface area contributed by atoms with Gasteiger partial charge >= 0.3 is 0 Å². The van der Waals surface area contributed by atoms with Crippen LogP contribution in [-0.4, -0.2) is 48.3 Å². The van der Waals surface area contributed by atoms with Gasteiger partial charge in [0.2, 0.25) is 0 Å². The highest BCUT2D eigenvalue weighted by molar-refractivity contribution is 6.29. The Morgan fingerprint density at radius 1 is 1.11 bits per heavy atom. The van der Waals surface area contributed by atoms with Crippen molar-refractivity contribution in [2.75, 3.05) is 38.1 Å². The number of likely N-dealkylation sites (tertiary alicyclic amines) is 1. The lowest BCUT2D eigenvalue weighted by molar-refractivity contribution is 0.142. The van der Waals surface area contributed by atoms with Crippen molar-refractivity contribution in [3.8, 4) is 0 Å². The van der Waals surface area contributed by atoms with Crippen LogP contribution in [0.3, 0.4) is 0 Å². The molecule has 0 radical (unpaired) electrons. The maximum atomic E-state index is 5.78. The number of halogens is 1. The summed E-state index contributed by atoms with van der Waals surface area (Å²) in [5, 5.41) is 8.59. The van der Waals surface area contributed by atoms with Gasteiger partial charge in [0.05, 0.1) is 0 Å². The zero-order valence-electron chi connectivity index (χ0n) is 10.8. The number of rotatable bonds is 1. The second-order valence-corrected chi connectivity index (χ2v) is 6.08. The minimum absolute atomic E-state index is 0.465. The summed E-state index contributed by atoms with van der Waals surface area (Å²) in [6, 6.07) is 3.80. The maximum Gasteiger partial charge on any atom is 0.151 e. The van der Waals surface area contributed by atoms with Crippen LogP contribution in [-0.2, 0) is 0 Å². The van der Waals surface area contributed by atoms with E-state index in [-0.39, 0.29) is 0 Å². The molecule has 18 heavy (non-hydrogen) atoms. The van der Waals surface area contributed by atoms with E-state index in [0.29, 0.717) is 10.6 Å². The van der Waals surface area contributed by atoms with Crippen LogP contribution in [0.25, 0.3) is 0 Å². The van der Waals surface area contributed by atoms with E-state index in [1.165, 1.54) is 32.4 Å². The minimum atomic E-state index is 0.465. The fraction of sp³-hybridized carbons (Fsp3) is 0.692. The second kappa shape index (κ2) is 4.67. The Morgan fingerprint density at radius 2 is 1.83 bits per heavy atom. The van der Waals surface area contributed by atoms with Crippen molar-refractivity contribution in [3.05, 3.63) is 17.3 Å². The summed E-state index contributed by atoms with van der Waals surface area (Å²) in [6.45, 7) is 4.66. The van der Waals surface area contributed by atoms with Crippen LogP contribution in [0.5, 0.6) is 0 Å². The van der Waals surface area contributed by atoms with Crippen molar-refractivity contribution in [1.82, 2.24) is 15.1 Å². The van der Waals surface area contributed by atoms with Gasteiger partial charge in [-0.3, -0.25) is 0 Å². The molecule has 0 aromatic carbocycles. The Morgan fingerprint density at radius 3 is 2.50 bits per heavy atom. The van der Waals surface area contributed by atoms with Crippen molar-refractivity contribution in [1.29, 1.82) is 0 Å². The molecule has 1 spiro atoms. The fourth-order valence-electron chi connectivity index (χ4n) is 3.11. The summed E-state index contributed by atoms with van der Waals surface area (Å²) in [7, 11) is 2.21. The average Bonchev–Trinajstić information content (AvgIpc) is 2.79. The van der Waals surface area contributed by atoms with Gasteiger partial charge < -0.3 is 9.80 Å². The number of piperidine rings is 1. The Bertz CT molecular complexity index is 412. The lowest BCUT2D eigenvalue weighted by Gasteiger charge is -2.37. The van der Waals surface area contributed by atoms with Crippen LogP contribution < -0.4 is 4.90 Å². The van der Waals surface area contributed by atoms with Crippen LogP contribution in [0.4, 0.5) is 5.82 Å². The summed E-state index contributed by atoms with van der Waals surface area (Å²) in [6.07, 6.45) is 3.90. The number of anilines is 1. The number of nitrogens with zero attached hydrogens (tertiary/aromatic N) is 4. The molecule has 1 aromatic rings. The average molecular weight is 267 g/mol. The van der Waals surface area contributed by atoms with Crippen molar-refractivity contribution < 1.29 is 0 Å². The summed E-state index contributed by atoms with van der Waals surface area (Å²) in [5.41, 5.74) is 0.508. The third-order valence-electron chi connectivity index (χ3n) is 4.43. The third kappa shape index (κ3) is 2.31. The lowest BCUT2D eigenvalue weighted by Crippen LogP contribution is -2.39. The van der Waals surface area contributed by atoms with Gasteiger partial charge in [-0.2, -0.15) is 0 Å². The normalized spacial score (nSPS) is 23.8. The highest BCUT2D eigenvalue weighted by Gasteiger charge is 2.40. The lowest BCUT2D eigenvalue weighted by atomic mass is 9.78. The largest absolute Gasteiger partial charge is 0.355 e. The van der Waals surface area contributed by atoms with E-state index in [1.807, 2.05) is 12.1 Å². The van der Waals surface area contributed by atoms with Crippen LogP contribution in [0.2, 0.25) is 5.15 Å². The molecular weight excluding hydrogens is 248 g/mol. The van der Waals surface area contributed by atoms with Crippen LogP contribution in [0.15, 0.2) is 12.1 Å². The molecule has 0 amide bonds. The van der Waals surface area contributed by atoms with Gasteiger partial charge in [-0.05, 0) is 56.9 Å². The summed E-state index contributed by atoms with van der Waals surface area (Å²) in [4.78, 5) is 4.78. The van der Waals surface area contributed by atoms with Gasteiger partial charge in [0.25, 0.3) is 0 Å². The van der Waals surface area contributed by atoms with E-state index in [2.05, 4.69) is 27.0 Å². The topological polar surface area (TPSA) is 32.3 Å². The molecule has 1 aromatic heterocycles. The summed E-state index contributed by atoms with van der Waals surface area (Å²) >= 11 is 5.78. The minimum Gasteiger partial charge on any atom is -0.355 e. The molecule has 0 atom stereocenters. The molecule has 0 bridgehead atoms. The Balaban J connectivity index is 1.69. The van der Waals surface area contributed by atoms with Crippen molar-refractivity contribution in [3.63, 3.8) is 0 Å². The molecule has 2 saturated heterocycles. The monoisotopic (exact) mass is 266 g/mol. The predicted octanol–water partition coefficient (Wildman–Crippen LogP) is 2.05. The van der Waals surface area contributed by atoms with E-state index < -0.39 is 0 Å². The maximum absolute atomic E-state index is 5.78. The van der Waals surface area contributed by atoms with Crippen molar-refractivity contribution in [2.24, 2.45) is 5.41 Å². The quantitative estimate of drug-likeness (QED) is 0.779. The third-order valence-corrected chi connectivity index (χ3v) is 4.63. The zero-order chi connectivity index (χ0) is 12.6. The molecular formula is C13H19ClN4. The number of hydrogen-bond acceptors (Lipinski definition) is 4. The summed E-state index contributed by atoms with van der Waals surface area (Å²) in [5.74, 6) is 0.968. The highest BCUT2D eigenvalue weighted by Crippen LogP contribution is 2.41. The molecule has 5 heteroatoms. The standard InChI is InChI=1S/C13H19ClN4/c1-17-7-4-13(5-8-17)6-9-18(10-13)12-3-2-11(14)15-16-12/h2-3H,4-10H2,1H3. The molecule has 2 fully saturated rings. The van der Waals surface area contributed by atoms with E-state index in [4.69, 9.17) is 11.6 Å². The van der Waals surface area contributed by atoms with Crippen LogP contribution >= 0.6 is 11.6 Å². The van der Waals surface area contributed by atoms with Gasteiger partial charge in [-0.25, -0.2) is 0 Å². The first kappa shape index (κ1) is 12.2. The molecule has 2 aliphatic heterocycles. The van der Waals surface area contributed by atoms with E-state index in [9.17, 15) is 0 Å². The molecule has 4 nitrogen and oxygen atoms in total. The number of aromatic nitrogens is 2. The highest BCUT2D eigenvalue weighted by atomic mass is 35.5. The molecule has 0 aliphatic carbocycles. The van der Waals surface area contributed by atoms with Crippen LogP contribution in [0.1, 0.15) is 19.3 Å². The van der Waals surface area contributed by atoms with Gasteiger partial charge in [-0.1, -0.05) is 11.6 Å². The first-order chi connectivity index (χ1) is 8.67. The van der Waals surface area contributed by atoms with Crippen LogP contribution in [0, 0.1) is 5.41 Å². The van der Waals surface area contributed by atoms with Gasteiger partial charge in [0.15, 0.2) is 11.0 Å². The first-order valence-corrected chi connectivity index (χ1v) is 6.97. The Kier molecular flexibility index (Phi) is 3.16. The van der Waals surface area contributed by atoms with Crippen molar-refractivity contribution >= 4 is 17.4 Å². The first-order valence-electron chi connectivity index (χ1n) is 6.60. The van der Waals surface area contributed by atoms with E-state index >= 15 is 0 Å². The van der Waals surface area contributed by atoms with Gasteiger partial charge in [0, 0.05) is 13.1 Å². The summed E-state index contributed by atoms with van der Waals surface area (Å²) < 4.78 is 0. The molecule has 2 aliphatic rings. The molecule has 0 saturated carbocycles.